The predicted molar refractivity (Wildman–Crippen MR) is 100 cm³/mol. The zero-order valence-electron chi connectivity index (χ0n) is 14.1. The molecule has 4 rings (SSSR count). The van der Waals surface area contributed by atoms with Gasteiger partial charge in [-0.05, 0) is 36.6 Å². The average molecular weight is 371 g/mol. The van der Waals surface area contributed by atoms with Crippen LogP contribution in [0.4, 0.5) is 0 Å². The number of hydrogen-bond acceptors (Lipinski definition) is 3. The molecule has 134 valence electrons. The van der Waals surface area contributed by atoms with Crippen molar-refractivity contribution >= 4 is 17.5 Å². The van der Waals surface area contributed by atoms with Crippen LogP contribution < -0.4 is 5.32 Å². The number of aromatic amines is 2. The summed E-state index contributed by atoms with van der Waals surface area (Å²) in [7, 11) is 0. The lowest BCUT2D eigenvalue weighted by atomic mass is 10.0. The summed E-state index contributed by atoms with van der Waals surface area (Å²) < 4.78 is 5.53. The Morgan fingerprint density at radius 1 is 1.35 bits per heavy atom. The van der Waals surface area contributed by atoms with Gasteiger partial charge in [0, 0.05) is 35.5 Å². The van der Waals surface area contributed by atoms with Crippen LogP contribution in [0.1, 0.15) is 23.3 Å². The molecule has 1 amide bonds. The maximum Gasteiger partial charge on any atom is 0.267 e. The van der Waals surface area contributed by atoms with Crippen LogP contribution in [0, 0.1) is 0 Å². The van der Waals surface area contributed by atoms with E-state index in [1.54, 1.807) is 12.4 Å². The van der Waals surface area contributed by atoms with Crippen LogP contribution in [0.2, 0.25) is 5.02 Å². The van der Waals surface area contributed by atoms with Gasteiger partial charge in [-0.1, -0.05) is 23.7 Å². The van der Waals surface area contributed by atoms with Crippen molar-refractivity contribution < 1.29 is 9.53 Å². The maximum atomic E-state index is 12.3. The molecule has 3 aromatic rings. The van der Waals surface area contributed by atoms with Crippen molar-refractivity contribution in [1.82, 2.24) is 20.5 Å². The molecule has 1 unspecified atom stereocenters. The first-order chi connectivity index (χ1) is 12.7. The Kier molecular flexibility index (Phi) is 4.77. The van der Waals surface area contributed by atoms with Gasteiger partial charge in [0.15, 0.2) is 0 Å². The Morgan fingerprint density at radius 3 is 3.08 bits per heavy atom. The number of carbonyl (C=O) groups is 1. The number of halogens is 1. The fraction of sp³-hybridized carbons (Fsp3) is 0.263. The highest BCUT2D eigenvalue weighted by Crippen LogP contribution is 2.31. The lowest BCUT2D eigenvalue weighted by Crippen LogP contribution is -2.31. The second kappa shape index (κ2) is 7.35. The summed E-state index contributed by atoms with van der Waals surface area (Å²) in [5.74, 6) is -0.143. The second-order valence-corrected chi connectivity index (χ2v) is 6.75. The second-order valence-electron chi connectivity index (χ2n) is 6.32. The van der Waals surface area contributed by atoms with Crippen molar-refractivity contribution in [2.75, 3.05) is 13.2 Å². The molecule has 2 aromatic heterocycles. The zero-order chi connectivity index (χ0) is 17.9. The van der Waals surface area contributed by atoms with E-state index in [4.69, 9.17) is 16.3 Å². The minimum Gasteiger partial charge on any atom is -0.376 e. The molecule has 0 saturated carbocycles. The first-order valence-corrected chi connectivity index (χ1v) is 8.96. The Bertz CT molecular complexity index is 912. The highest BCUT2D eigenvalue weighted by Gasteiger charge is 2.18. The molecular formula is C19H19ClN4O2. The third kappa shape index (κ3) is 3.52. The van der Waals surface area contributed by atoms with Gasteiger partial charge >= 0.3 is 0 Å². The summed E-state index contributed by atoms with van der Waals surface area (Å²) in [5.41, 5.74) is 4.09. The van der Waals surface area contributed by atoms with Crippen LogP contribution in [-0.4, -0.2) is 40.3 Å². The van der Waals surface area contributed by atoms with Gasteiger partial charge in [-0.25, -0.2) is 0 Å². The average Bonchev–Trinajstić information content (AvgIpc) is 3.40. The van der Waals surface area contributed by atoms with E-state index < -0.39 is 0 Å². The molecule has 0 bridgehead atoms. The van der Waals surface area contributed by atoms with Gasteiger partial charge in [-0.15, -0.1) is 0 Å². The fourth-order valence-corrected chi connectivity index (χ4v) is 3.35. The largest absolute Gasteiger partial charge is 0.376 e. The van der Waals surface area contributed by atoms with Crippen LogP contribution in [0.5, 0.6) is 0 Å². The van der Waals surface area contributed by atoms with Crippen molar-refractivity contribution in [3.63, 3.8) is 0 Å². The number of aromatic nitrogens is 3. The molecule has 1 aliphatic rings. The van der Waals surface area contributed by atoms with Crippen molar-refractivity contribution in [3.8, 4) is 22.4 Å². The van der Waals surface area contributed by atoms with Crippen molar-refractivity contribution in [3.05, 3.63) is 53.4 Å². The highest BCUT2D eigenvalue weighted by atomic mass is 35.5. The third-order valence-electron chi connectivity index (χ3n) is 4.51. The quantitative estimate of drug-likeness (QED) is 0.641. The number of benzene rings is 1. The first-order valence-electron chi connectivity index (χ1n) is 8.58. The molecule has 6 nitrogen and oxygen atoms in total. The SMILES string of the molecule is O=C(NCC1CCCO1)c1cc(-c2[nH]ncc2-c2cccc(Cl)c2)c[nH]1. The van der Waals surface area contributed by atoms with E-state index in [9.17, 15) is 4.79 Å². The summed E-state index contributed by atoms with van der Waals surface area (Å²) in [6, 6.07) is 9.40. The number of amides is 1. The van der Waals surface area contributed by atoms with Crippen LogP contribution in [0.15, 0.2) is 42.7 Å². The molecule has 1 aromatic carbocycles. The van der Waals surface area contributed by atoms with Crippen LogP contribution in [0.25, 0.3) is 22.4 Å². The fourth-order valence-electron chi connectivity index (χ4n) is 3.16. The van der Waals surface area contributed by atoms with Gasteiger partial charge in [0.25, 0.3) is 5.91 Å². The molecule has 7 heteroatoms. The minimum absolute atomic E-state index is 0.121. The lowest BCUT2D eigenvalue weighted by Gasteiger charge is -2.09. The number of nitrogens with zero attached hydrogens (tertiary/aromatic N) is 1. The Hall–Kier alpha value is -2.57. The standard InChI is InChI=1S/C19H19ClN4O2/c20-14-4-1-3-12(7-14)16-11-23-24-18(16)13-8-17(21-9-13)19(25)22-10-15-5-2-6-26-15/h1,3-4,7-9,11,15,21H,2,5-6,10H2,(H,22,25)(H,23,24). The van der Waals surface area contributed by atoms with Gasteiger partial charge in [0.05, 0.1) is 18.0 Å². The minimum atomic E-state index is -0.143. The Balaban J connectivity index is 1.51. The molecule has 26 heavy (non-hydrogen) atoms. The molecule has 3 heterocycles. The van der Waals surface area contributed by atoms with E-state index in [-0.39, 0.29) is 12.0 Å². The van der Waals surface area contributed by atoms with Gasteiger partial charge < -0.3 is 15.0 Å². The van der Waals surface area contributed by atoms with Crippen molar-refractivity contribution in [2.24, 2.45) is 0 Å². The molecular weight excluding hydrogens is 352 g/mol. The lowest BCUT2D eigenvalue weighted by molar-refractivity contribution is 0.0854. The Morgan fingerprint density at radius 2 is 2.27 bits per heavy atom. The number of carbonyl (C=O) groups excluding carboxylic acids is 1. The van der Waals surface area contributed by atoms with Gasteiger partial charge in [-0.3, -0.25) is 9.89 Å². The number of ether oxygens (including phenoxy) is 1. The predicted octanol–water partition coefficient (Wildman–Crippen LogP) is 3.63. The molecule has 1 fully saturated rings. The first kappa shape index (κ1) is 16.9. The number of nitrogens with one attached hydrogen (secondary N) is 3. The number of rotatable bonds is 5. The van der Waals surface area contributed by atoms with Gasteiger partial charge in [0.1, 0.15) is 5.69 Å². The maximum absolute atomic E-state index is 12.3. The smallest absolute Gasteiger partial charge is 0.267 e. The Labute approximate surface area is 155 Å². The van der Waals surface area contributed by atoms with E-state index >= 15 is 0 Å². The van der Waals surface area contributed by atoms with Crippen LogP contribution in [0.3, 0.4) is 0 Å². The van der Waals surface area contributed by atoms with E-state index in [1.807, 2.05) is 30.3 Å². The molecule has 1 aliphatic heterocycles. The van der Waals surface area contributed by atoms with E-state index in [0.29, 0.717) is 17.3 Å². The summed E-state index contributed by atoms with van der Waals surface area (Å²) >= 11 is 6.09. The van der Waals surface area contributed by atoms with Crippen LogP contribution in [-0.2, 0) is 4.74 Å². The number of hydrogen-bond donors (Lipinski definition) is 3. The molecule has 0 spiro atoms. The monoisotopic (exact) mass is 370 g/mol. The molecule has 0 aliphatic carbocycles. The summed E-state index contributed by atoms with van der Waals surface area (Å²) in [4.78, 5) is 15.4. The van der Waals surface area contributed by atoms with Gasteiger partial charge in [-0.2, -0.15) is 5.10 Å². The van der Waals surface area contributed by atoms with Gasteiger partial charge in [0.2, 0.25) is 0 Å². The van der Waals surface area contributed by atoms with Crippen LogP contribution >= 0.6 is 11.6 Å². The molecule has 1 saturated heterocycles. The molecule has 3 N–H and O–H groups in total. The molecule has 1 atom stereocenters. The van der Waals surface area contributed by atoms with Crippen molar-refractivity contribution in [1.29, 1.82) is 0 Å². The highest BCUT2D eigenvalue weighted by molar-refractivity contribution is 6.30. The van der Waals surface area contributed by atoms with E-state index in [1.165, 1.54) is 0 Å². The molecule has 0 radical (unpaired) electrons. The normalized spacial score (nSPS) is 16.7. The third-order valence-corrected chi connectivity index (χ3v) is 4.74. The van der Waals surface area contributed by atoms with E-state index in [0.717, 1.165) is 41.8 Å². The topological polar surface area (TPSA) is 82.8 Å². The van der Waals surface area contributed by atoms with Crippen molar-refractivity contribution in [2.45, 2.75) is 18.9 Å². The summed E-state index contributed by atoms with van der Waals surface area (Å²) in [5, 5.41) is 10.7. The zero-order valence-corrected chi connectivity index (χ0v) is 14.8. The summed E-state index contributed by atoms with van der Waals surface area (Å²) in [6.45, 7) is 1.31. The number of H-pyrrole nitrogens is 2. The van der Waals surface area contributed by atoms with E-state index in [2.05, 4.69) is 20.5 Å². The summed E-state index contributed by atoms with van der Waals surface area (Å²) in [6.07, 6.45) is 5.72.